The number of thioether (sulfide) groups is 1. The molecule has 0 unspecified atom stereocenters. The third kappa shape index (κ3) is 7.05. The number of hydrogen-bond acceptors (Lipinski definition) is 3. The predicted octanol–water partition coefficient (Wildman–Crippen LogP) is 3.23. The number of amides is 1. The predicted molar refractivity (Wildman–Crippen MR) is 115 cm³/mol. The van der Waals surface area contributed by atoms with Crippen LogP contribution in [0.5, 0.6) is 0 Å². The van der Waals surface area contributed by atoms with Crippen LogP contribution in [0.4, 0.5) is 8.78 Å². The van der Waals surface area contributed by atoms with Gasteiger partial charge in [0.05, 0.1) is 0 Å². The molecule has 0 atom stereocenters. The van der Waals surface area contributed by atoms with Crippen molar-refractivity contribution in [3.05, 3.63) is 70.3 Å². The Hall–Kier alpha value is -2.61. The Kier molecular flexibility index (Phi) is 8.92. The van der Waals surface area contributed by atoms with Crippen molar-refractivity contribution < 1.29 is 13.6 Å². The van der Waals surface area contributed by atoms with Crippen LogP contribution < -0.4 is 16.0 Å². The van der Waals surface area contributed by atoms with E-state index in [9.17, 15) is 13.6 Å². The number of guanidine groups is 1. The first-order valence-electron chi connectivity index (χ1n) is 9.19. The molecule has 3 N–H and O–H groups in total. The zero-order valence-electron chi connectivity index (χ0n) is 16.8. The van der Waals surface area contributed by atoms with E-state index in [0.29, 0.717) is 31.2 Å². The summed E-state index contributed by atoms with van der Waals surface area (Å²) in [4.78, 5) is 16.2. The van der Waals surface area contributed by atoms with E-state index >= 15 is 0 Å². The molecule has 29 heavy (non-hydrogen) atoms. The molecule has 2 aromatic carbocycles. The lowest BCUT2D eigenvalue weighted by atomic mass is 10.1. The Morgan fingerprint density at radius 1 is 1.03 bits per heavy atom. The van der Waals surface area contributed by atoms with E-state index in [1.165, 1.54) is 12.1 Å². The molecule has 0 spiro atoms. The summed E-state index contributed by atoms with van der Waals surface area (Å²) in [6, 6.07) is 9.16. The Labute approximate surface area is 174 Å². The molecule has 8 heteroatoms. The Morgan fingerprint density at radius 3 is 2.48 bits per heavy atom. The van der Waals surface area contributed by atoms with E-state index in [-0.39, 0.29) is 17.3 Å². The van der Waals surface area contributed by atoms with Crippen LogP contribution >= 0.6 is 11.8 Å². The summed E-state index contributed by atoms with van der Waals surface area (Å²) in [7, 11) is 1.65. The minimum atomic E-state index is -0.401. The molecule has 0 aliphatic carbocycles. The van der Waals surface area contributed by atoms with Gasteiger partial charge in [-0.05, 0) is 54.1 Å². The summed E-state index contributed by atoms with van der Waals surface area (Å²) in [6.07, 6.45) is 1.97. The van der Waals surface area contributed by atoms with Gasteiger partial charge in [0.15, 0.2) is 5.96 Å². The molecule has 0 saturated heterocycles. The first kappa shape index (κ1) is 22.7. The van der Waals surface area contributed by atoms with Gasteiger partial charge in [-0.3, -0.25) is 9.79 Å². The summed E-state index contributed by atoms with van der Waals surface area (Å²) in [5.41, 5.74) is 2.73. The van der Waals surface area contributed by atoms with Gasteiger partial charge in [-0.25, -0.2) is 8.78 Å². The van der Waals surface area contributed by atoms with Gasteiger partial charge in [-0.1, -0.05) is 12.1 Å². The third-order valence-corrected chi connectivity index (χ3v) is 4.87. The number of benzene rings is 2. The van der Waals surface area contributed by atoms with E-state index in [0.717, 1.165) is 16.9 Å². The molecule has 156 valence electrons. The standard InChI is InChI=1S/C21H26F2N4OS/c1-14-4-5-15(11-19(14)23)20(28)25-8-9-26-21(24-2)27-12-16-6-7-18(22)10-17(16)13-29-3/h4-7,10-11H,8-9,12-13H2,1-3H3,(H,25,28)(H2,24,26,27). The van der Waals surface area contributed by atoms with Crippen LogP contribution in [0.1, 0.15) is 27.0 Å². The fraction of sp³-hybridized carbons (Fsp3) is 0.333. The summed E-state index contributed by atoms with van der Waals surface area (Å²) in [5.74, 6) is 0.320. The maximum atomic E-state index is 13.6. The number of rotatable bonds is 8. The van der Waals surface area contributed by atoms with Crippen molar-refractivity contribution in [2.45, 2.75) is 19.2 Å². The molecule has 2 rings (SSSR count). The summed E-state index contributed by atoms with van der Waals surface area (Å²) in [5, 5.41) is 9.02. The minimum Gasteiger partial charge on any atom is -0.355 e. The Morgan fingerprint density at radius 2 is 1.79 bits per heavy atom. The summed E-state index contributed by atoms with van der Waals surface area (Å²) >= 11 is 1.63. The monoisotopic (exact) mass is 420 g/mol. The second-order valence-electron chi connectivity index (χ2n) is 6.42. The number of halogens is 2. The highest BCUT2D eigenvalue weighted by molar-refractivity contribution is 7.97. The molecular weight excluding hydrogens is 394 g/mol. The van der Waals surface area contributed by atoms with Crippen molar-refractivity contribution in [1.82, 2.24) is 16.0 Å². The number of aryl methyl sites for hydroxylation is 1. The Balaban J connectivity index is 1.79. The first-order valence-corrected chi connectivity index (χ1v) is 10.6. The van der Waals surface area contributed by atoms with Crippen molar-refractivity contribution in [2.75, 3.05) is 26.4 Å². The topological polar surface area (TPSA) is 65.5 Å². The highest BCUT2D eigenvalue weighted by Crippen LogP contribution is 2.16. The summed E-state index contributed by atoms with van der Waals surface area (Å²) < 4.78 is 27.0. The molecule has 0 fully saturated rings. The van der Waals surface area contributed by atoms with Gasteiger partial charge >= 0.3 is 0 Å². The van der Waals surface area contributed by atoms with Crippen molar-refractivity contribution in [1.29, 1.82) is 0 Å². The molecule has 0 aromatic heterocycles. The number of nitrogens with one attached hydrogen (secondary N) is 3. The molecule has 5 nitrogen and oxygen atoms in total. The third-order valence-electron chi connectivity index (χ3n) is 4.28. The Bertz CT molecular complexity index is 874. The van der Waals surface area contributed by atoms with Gasteiger partial charge < -0.3 is 16.0 Å². The average molecular weight is 421 g/mol. The molecule has 1 amide bonds. The number of carbonyl (C=O) groups is 1. The smallest absolute Gasteiger partial charge is 0.251 e. The van der Waals surface area contributed by atoms with Gasteiger partial charge in [0.1, 0.15) is 11.6 Å². The number of aliphatic imine (C=N–C) groups is 1. The van der Waals surface area contributed by atoms with Crippen LogP contribution in [0.2, 0.25) is 0 Å². The average Bonchev–Trinajstić information content (AvgIpc) is 2.70. The molecule has 0 saturated carbocycles. The first-order chi connectivity index (χ1) is 13.9. The lowest BCUT2D eigenvalue weighted by Gasteiger charge is -2.14. The molecular formula is C21H26F2N4OS. The molecule has 2 aromatic rings. The number of carbonyl (C=O) groups excluding carboxylic acids is 1. The van der Waals surface area contributed by atoms with E-state index in [1.807, 2.05) is 6.26 Å². The lowest BCUT2D eigenvalue weighted by Crippen LogP contribution is -2.41. The van der Waals surface area contributed by atoms with Crippen LogP contribution in [0, 0.1) is 18.6 Å². The van der Waals surface area contributed by atoms with Crippen LogP contribution in [0.3, 0.4) is 0 Å². The highest BCUT2D eigenvalue weighted by atomic mass is 32.2. The molecule has 0 bridgehead atoms. The second-order valence-corrected chi connectivity index (χ2v) is 7.28. The minimum absolute atomic E-state index is 0.246. The van der Waals surface area contributed by atoms with Crippen molar-refractivity contribution in [3.8, 4) is 0 Å². The number of hydrogen-bond donors (Lipinski definition) is 3. The van der Waals surface area contributed by atoms with Crippen molar-refractivity contribution in [3.63, 3.8) is 0 Å². The molecule has 0 heterocycles. The fourth-order valence-electron chi connectivity index (χ4n) is 2.65. The lowest BCUT2D eigenvalue weighted by molar-refractivity contribution is 0.0954. The van der Waals surface area contributed by atoms with Gasteiger partial charge in [-0.2, -0.15) is 11.8 Å². The fourth-order valence-corrected chi connectivity index (χ4v) is 3.23. The molecule has 0 radical (unpaired) electrons. The van der Waals surface area contributed by atoms with Crippen LogP contribution in [-0.4, -0.2) is 38.3 Å². The normalized spacial score (nSPS) is 11.3. The molecule has 0 aliphatic heterocycles. The maximum absolute atomic E-state index is 13.6. The van der Waals surface area contributed by atoms with E-state index in [1.54, 1.807) is 50.0 Å². The van der Waals surface area contributed by atoms with Crippen LogP contribution in [0.15, 0.2) is 41.4 Å². The highest BCUT2D eigenvalue weighted by Gasteiger charge is 2.08. The van der Waals surface area contributed by atoms with Crippen molar-refractivity contribution >= 4 is 23.6 Å². The summed E-state index contributed by atoms with van der Waals surface area (Å²) in [6.45, 7) is 2.95. The van der Waals surface area contributed by atoms with Gasteiger partial charge in [-0.15, -0.1) is 0 Å². The SMILES string of the molecule is CN=C(NCCNC(=O)c1ccc(C)c(F)c1)NCc1ccc(F)cc1CSC. The second kappa shape index (κ2) is 11.4. The largest absolute Gasteiger partial charge is 0.355 e. The van der Waals surface area contributed by atoms with Gasteiger partial charge in [0.2, 0.25) is 0 Å². The molecule has 0 aliphatic rings. The van der Waals surface area contributed by atoms with Crippen molar-refractivity contribution in [2.24, 2.45) is 4.99 Å². The zero-order valence-corrected chi connectivity index (χ0v) is 17.6. The van der Waals surface area contributed by atoms with Gasteiger partial charge in [0.25, 0.3) is 5.91 Å². The van der Waals surface area contributed by atoms with E-state index < -0.39 is 5.82 Å². The maximum Gasteiger partial charge on any atom is 0.251 e. The van der Waals surface area contributed by atoms with Crippen LogP contribution in [-0.2, 0) is 12.3 Å². The quantitative estimate of drug-likeness (QED) is 0.349. The van der Waals surface area contributed by atoms with Crippen LogP contribution in [0.25, 0.3) is 0 Å². The van der Waals surface area contributed by atoms with E-state index in [2.05, 4.69) is 20.9 Å². The van der Waals surface area contributed by atoms with Gasteiger partial charge in [0, 0.05) is 38.0 Å². The number of nitrogens with zero attached hydrogens (tertiary/aromatic N) is 1. The van der Waals surface area contributed by atoms with E-state index in [4.69, 9.17) is 0 Å². The zero-order chi connectivity index (χ0) is 21.2.